The minimum atomic E-state index is -0.788. The van der Waals surface area contributed by atoms with E-state index in [9.17, 15) is 8.78 Å². The average molecular weight is 309 g/mol. The van der Waals surface area contributed by atoms with Gasteiger partial charge in [-0.1, -0.05) is 11.6 Å². The van der Waals surface area contributed by atoms with Gasteiger partial charge < -0.3 is 15.4 Å². The highest BCUT2D eigenvalue weighted by molar-refractivity contribution is 7.80. The largest absolute Gasteiger partial charge is 0.382 e. The molecule has 2 N–H and O–H groups in total. The molecule has 0 unspecified atom stereocenters. The van der Waals surface area contributed by atoms with Gasteiger partial charge in [-0.05, 0) is 31.6 Å². The van der Waals surface area contributed by atoms with Crippen LogP contribution >= 0.6 is 23.8 Å². The summed E-state index contributed by atoms with van der Waals surface area (Å²) in [6.45, 7) is 3.79. The van der Waals surface area contributed by atoms with Gasteiger partial charge in [0.15, 0.2) is 10.9 Å². The zero-order valence-corrected chi connectivity index (χ0v) is 12.0. The summed E-state index contributed by atoms with van der Waals surface area (Å²) in [5.41, 5.74) is -0.0367. The van der Waals surface area contributed by atoms with Gasteiger partial charge in [-0.3, -0.25) is 0 Å². The minimum absolute atomic E-state index is 0.0367. The summed E-state index contributed by atoms with van der Waals surface area (Å²) < 4.78 is 31.5. The molecule has 0 heterocycles. The maximum Gasteiger partial charge on any atom is 0.170 e. The highest BCUT2D eigenvalue weighted by atomic mass is 35.5. The van der Waals surface area contributed by atoms with Crippen LogP contribution in [0.15, 0.2) is 12.1 Å². The lowest BCUT2D eigenvalue weighted by Gasteiger charge is -2.12. The van der Waals surface area contributed by atoms with Crippen molar-refractivity contribution in [1.82, 2.24) is 5.32 Å². The molecule has 0 spiro atoms. The fourth-order valence-electron chi connectivity index (χ4n) is 1.34. The minimum Gasteiger partial charge on any atom is -0.382 e. The quantitative estimate of drug-likeness (QED) is 0.624. The van der Waals surface area contributed by atoms with Gasteiger partial charge in [-0.2, -0.15) is 0 Å². The van der Waals surface area contributed by atoms with Crippen molar-refractivity contribution in [3.8, 4) is 0 Å². The molecule has 0 saturated heterocycles. The van der Waals surface area contributed by atoms with Crippen LogP contribution in [0.4, 0.5) is 14.5 Å². The molecule has 1 rings (SSSR count). The number of halogens is 3. The van der Waals surface area contributed by atoms with Crippen molar-refractivity contribution < 1.29 is 13.5 Å². The van der Waals surface area contributed by atoms with Gasteiger partial charge in [0, 0.05) is 25.8 Å². The van der Waals surface area contributed by atoms with Gasteiger partial charge in [-0.15, -0.1) is 0 Å². The molecule has 0 aliphatic rings. The van der Waals surface area contributed by atoms with E-state index in [0.29, 0.717) is 19.8 Å². The van der Waals surface area contributed by atoms with Gasteiger partial charge in [0.25, 0.3) is 0 Å². The summed E-state index contributed by atoms with van der Waals surface area (Å²) >= 11 is 10.7. The molecule has 0 fully saturated rings. The number of thiocarbonyl (C=S) groups is 1. The molecule has 3 nitrogen and oxygen atoms in total. The highest BCUT2D eigenvalue weighted by Crippen LogP contribution is 2.26. The van der Waals surface area contributed by atoms with Gasteiger partial charge in [-0.25, -0.2) is 8.78 Å². The normalized spacial score (nSPS) is 10.3. The molecule has 0 saturated carbocycles. The van der Waals surface area contributed by atoms with E-state index in [1.54, 1.807) is 0 Å². The van der Waals surface area contributed by atoms with Crippen molar-refractivity contribution in [1.29, 1.82) is 0 Å². The van der Waals surface area contributed by atoms with Crippen LogP contribution in [-0.2, 0) is 4.74 Å². The molecule has 0 amide bonds. The predicted molar refractivity (Wildman–Crippen MR) is 76.7 cm³/mol. The molecule has 0 aliphatic heterocycles. The number of hydrogen-bond donors (Lipinski definition) is 2. The lowest BCUT2D eigenvalue weighted by molar-refractivity contribution is 0.146. The molecular formula is C12H15ClF2N2OS. The Morgan fingerprint density at radius 3 is 2.79 bits per heavy atom. The average Bonchev–Trinajstić information content (AvgIpc) is 2.33. The number of hydrogen-bond acceptors (Lipinski definition) is 2. The third kappa shape index (κ3) is 5.67. The SMILES string of the molecule is CCOCCCNC(=S)Nc1c(F)cc(F)cc1Cl. The van der Waals surface area contributed by atoms with E-state index < -0.39 is 11.6 Å². The Morgan fingerprint density at radius 2 is 2.16 bits per heavy atom. The van der Waals surface area contributed by atoms with Crippen molar-refractivity contribution in [3.05, 3.63) is 28.8 Å². The third-order valence-corrected chi connectivity index (χ3v) is 2.75. The van der Waals surface area contributed by atoms with E-state index in [1.165, 1.54) is 0 Å². The lowest BCUT2D eigenvalue weighted by atomic mass is 10.3. The Kier molecular flexibility index (Phi) is 6.97. The van der Waals surface area contributed by atoms with Crippen LogP contribution in [0.2, 0.25) is 5.02 Å². The molecule has 0 aliphatic carbocycles. The number of benzene rings is 1. The standard InChI is InChI=1S/C12H15ClF2N2OS/c1-2-18-5-3-4-16-12(19)17-11-9(13)6-8(14)7-10(11)15/h6-7H,2-5H2,1H3,(H2,16,17,19). The molecule has 1 aromatic rings. The number of nitrogens with one attached hydrogen (secondary N) is 2. The van der Waals surface area contributed by atoms with Crippen molar-refractivity contribution >= 4 is 34.6 Å². The zero-order chi connectivity index (χ0) is 14.3. The molecule has 0 atom stereocenters. The molecule has 19 heavy (non-hydrogen) atoms. The first-order valence-corrected chi connectivity index (χ1v) is 6.60. The topological polar surface area (TPSA) is 33.3 Å². The molecule has 106 valence electrons. The first-order chi connectivity index (χ1) is 9.04. The fourth-order valence-corrected chi connectivity index (χ4v) is 1.79. The second-order valence-corrected chi connectivity index (χ2v) is 4.49. The number of anilines is 1. The monoisotopic (exact) mass is 308 g/mol. The van der Waals surface area contributed by atoms with E-state index in [-0.39, 0.29) is 15.8 Å². The Morgan fingerprint density at radius 1 is 1.42 bits per heavy atom. The first kappa shape index (κ1) is 16.1. The van der Waals surface area contributed by atoms with Crippen molar-refractivity contribution in [3.63, 3.8) is 0 Å². The maximum absolute atomic E-state index is 13.5. The second-order valence-electron chi connectivity index (χ2n) is 3.68. The van der Waals surface area contributed by atoms with Crippen LogP contribution in [0, 0.1) is 11.6 Å². The summed E-state index contributed by atoms with van der Waals surface area (Å²) in [6, 6.07) is 1.76. The number of ether oxygens (including phenoxy) is 1. The predicted octanol–water partition coefficient (Wildman–Crippen LogP) is 3.33. The fraction of sp³-hybridized carbons (Fsp3) is 0.417. The molecule has 7 heteroatoms. The highest BCUT2D eigenvalue weighted by Gasteiger charge is 2.10. The van der Waals surface area contributed by atoms with Gasteiger partial charge >= 0.3 is 0 Å². The summed E-state index contributed by atoms with van der Waals surface area (Å²) in [4.78, 5) is 0. The van der Waals surface area contributed by atoms with Gasteiger partial charge in [0.2, 0.25) is 0 Å². The Hall–Kier alpha value is -0.980. The van der Waals surface area contributed by atoms with Gasteiger partial charge in [0.05, 0.1) is 10.7 Å². The number of rotatable bonds is 6. The zero-order valence-electron chi connectivity index (χ0n) is 10.4. The molecule has 1 aromatic carbocycles. The molecular weight excluding hydrogens is 294 g/mol. The Labute approximate surface area is 121 Å². The molecule has 0 radical (unpaired) electrons. The van der Waals surface area contributed by atoms with Crippen molar-refractivity contribution in [2.75, 3.05) is 25.1 Å². The summed E-state index contributed by atoms with van der Waals surface area (Å²) in [6.07, 6.45) is 0.773. The molecule has 0 aromatic heterocycles. The van der Waals surface area contributed by atoms with Crippen LogP contribution in [0.3, 0.4) is 0 Å². The first-order valence-electron chi connectivity index (χ1n) is 5.81. The summed E-state index contributed by atoms with van der Waals surface area (Å²) in [7, 11) is 0. The summed E-state index contributed by atoms with van der Waals surface area (Å²) in [5.74, 6) is -1.52. The smallest absolute Gasteiger partial charge is 0.170 e. The van der Waals surface area contributed by atoms with Gasteiger partial charge in [0.1, 0.15) is 5.82 Å². The van der Waals surface area contributed by atoms with Crippen LogP contribution in [0.1, 0.15) is 13.3 Å². The Bertz CT molecular complexity index is 423. The lowest BCUT2D eigenvalue weighted by Crippen LogP contribution is -2.30. The van der Waals surface area contributed by atoms with E-state index in [0.717, 1.165) is 18.6 Å². The maximum atomic E-state index is 13.5. The van der Waals surface area contributed by atoms with Crippen LogP contribution < -0.4 is 10.6 Å². The van der Waals surface area contributed by atoms with E-state index in [1.807, 2.05) is 6.92 Å². The van der Waals surface area contributed by atoms with Crippen molar-refractivity contribution in [2.45, 2.75) is 13.3 Å². The Balaban J connectivity index is 2.44. The van der Waals surface area contributed by atoms with E-state index in [4.69, 9.17) is 28.6 Å². The van der Waals surface area contributed by atoms with Crippen LogP contribution in [0.25, 0.3) is 0 Å². The van der Waals surface area contributed by atoms with E-state index >= 15 is 0 Å². The van der Waals surface area contributed by atoms with Crippen LogP contribution in [0.5, 0.6) is 0 Å². The van der Waals surface area contributed by atoms with Crippen LogP contribution in [-0.4, -0.2) is 24.9 Å². The third-order valence-electron chi connectivity index (χ3n) is 2.20. The second kappa shape index (κ2) is 8.24. The van der Waals surface area contributed by atoms with E-state index in [2.05, 4.69) is 10.6 Å². The molecule has 0 bridgehead atoms. The van der Waals surface area contributed by atoms with Crippen molar-refractivity contribution in [2.24, 2.45) is 0 Å². The summed E-state index contributed by atoms with van der Waals surface area (Å²) in [5, 5.41) is 5.65.